The fourth-order valence-corrected chi connectivity index (χ4v) is 5.06. The van der Waals surface area contributed by atoms with Crippen molar-refractivity contribution < 1.29 is 13.2 Å². The van der Waals surface area contributed by atoms with Gasteiger partial charge >= 0.3 is 0 Å². The van der Waals surface area contributed by atoms with Gasteiger partial charge in [0.05, 0.1) is 12.8 Å². The van der Waals surface area contributed by atoms with E-state index in [0.29, 0.717) is 11.8 Å². The van der Waals surface area contributed by atoms with Crippen LogP contribution in [0.1, 0.15) is 32.1 Å². The van der Waals surface area contributed by atoms with Crippen LogP contribution in [0.3, 0.4) is 0 Å². The summed E-state index contributed by atoms with van der Waals surface area (Å²) in [7, 11) is -1.84. The zero-order chi connectivity index (χ0) is 14.5. The minimum atomic E-state index is -3.29. The second-order valence-electron chi connectivity index (χ2n) is 7.04. The summed E-state index contributed by atoms with van der Waals surface area (Å²) in [5.74, 6) is 2.85. The van der Waals surface area contributed by atoms with E-state index in [0.717, 1.165) is 22.4 Å². The van der Waals surface area contributed by atoms with Gasteiger partial charge in [0.15, 0.2) is 0 Å². The first kappa shape index (κ1) is 14.3. The lowest BCUT2D eigenvalue weighted by molar-refractivity contribution is -0.125. The van der Waals surface area contributed by atoms with Crippen LogP contribution in [0.4, 0.5) is 0 Å². The molecular weight excluding hydrogens is 276 g/mol. The maximum atomic E-state index is 12.1. The van der Waals surface area contributed by atoms with Crippen LogP contribution >= 0.6 is 0 Å². The minimum absolute atomic E-state index is 0.0678. The number of hydrogen-bond acceptors (Lipinski definition) is 3. The van der Waals surface area contributed by atoms with E-state index in [9.17, 15) is 13.2 Å². The van der Waals surface area contributed by atoms with Crippen molar-refractivity contribution in [3.05, 3.63) is 0 Å². The number of rotatable bonds is 4. The van der Waals surface area contributed by atoms with E-state index in [-0.39, 0.29) is 18.5 Å². The normalized spacial score (nSPS) is 39.2. The molecule has 4 fully saturated rings. The highest BCUT2D eigenvalue weighted by Gasteiger charge is 2.48. The highest BCUT2D eigenvalue weighted by molar-refractivity contribution is 7.88. The lowest BCUT2D eigenvalue weighted by Crippen LogP contribution is -2.57. The number of amides is 1. The predicted octanol–water partition coefficient (Wildman–Crippen LogP) is 0.819. The molecule has 114 valence electrons. The molecule has 0 heterocycles. The van der Waals surface area contributed by atoms with Crippen LogP contribution in [0.15, 0.2) is 0 Å². The molecule has 0 aromatic heterocycles. The fraction of sp³-hybridized carbons (Fsp3) is 0.929. The Labute approximate surface area is 121 Å². The SMILES string of the molecule is CN(CC(=O)NC1C2CC3CC(C2)CC1C3)S(C)(=O)=O. The molecule has 1 amide bonds. The molecule has 0 saturated heterocycles. The van der Waals surface area contributed by atoms with Crippen LogP contribution < -0.4 is 5.32 Å². The highest BCUT2D eigenvalue weighted by Crippen LogP contribution is 2.53. The topological polar surface area (TPSA) is 66.5 Å². The van der Waals surface area contributed by atoms with Gasteiger partial charge in [-0.2, -0.15) is 4.31 Å². The minimum Gasteiger partial charge on any atom is -0.352 e. The van der Waals surface area contributed by atoms with Gasteiger partial charge in [-0.15, -0.1) is 0 Å². The Hall–Kier alpha value is -0.620. The average Bonchev–Trinajstić information content (AvgIpc) is 2.31. The van der Waals surface area contributed by atoms with Crippen molar-refractivity contribution in [3.8, 4) is 0 Å². The molecule has 6 heteroatoms. The van der Waals surface area contributed by atoms with Crippen molar-refractivity contribution in [3.63, 3.8) is 0 Å². The lowest BCUT2D eigenvalue weighted by Gasteiger charge is -2.54. The predicted molar refractivity (Wildman–Crippen MR) is 76.4 cm³/mol. The first-order valence-corrected chi connectivity index (χ1v) is 9.38. The Kier molecular flexibility index (Phi) is 3.57. The van der Waals surface area contributed by atoms with Gasteiger partial charge in [-0.25, -0.2) is 8.42 Å². The largest absolute Gasteiger partial charge is 0.352 e. The molecule has 4 aliphatic carbocycles. The van der Waals surface area contributed by atoms with E-state index in [1.54, 1.807) is 0 Å². The van der Waals surface area contributed by atoms with Gasteiger partial charge in [0.25, 0.3) is 0 Å². The zero-order valence-electron chi connectivity index (χ0n) is 12.2. The van der Waals surface area contributed by atoms with E-state index in [1.165, 1.54) is 39.2 Å². The summed E-state index contributed by atoms with van der Waals surface area (Å²) in [6.07, 6.45) is 7.52. The quantitative estimate of drug-likeness (QED) is 0.836. The number of likely N-dealkylation sites (N-methyl/N-ethyl adjacent to an activating group) is 1. The Morgan fingerprint density at radius 3 is 2.05 bits per heavy atom. The molecule has 1 N–H and O–H groups in total. The van der Waals surface area contributed by atoms with Gasteiger partial charge < -0.3 is 5.32 Å². The van der Waals surface area contributed by atoms with Gasteiger partial charge in [-0.05, 0) is 55.8 Å². The Balaban J connectivity index is 1.59. The van der Waals surface area contributed by atoms with Crippen molar-refractivity contribution >= 4 is 15.9 Å². The fourth-order valence-electron chi connectivity index (χ4n) is 4.71. The molecule has 4 rings (SSSR count). The lowest BCUT2D eigenvalue weighted by atomic mass is 9.54. The van der Waals surface area contributed by atoms with Crippen molar-refractivity contribution in [2.24, 2.45) is 23.7 Å². The van der Waals surface area contributed by atoms with Gasteiger partial charge in [0.1, 0.15) is 0 Å². The van der Waals surface area contributed by atoms with Crippen LogP contribution in [0.25, 0.3) is 0 Å². The Morgan fingerprint density at radius 1 is 1.10 bits per heavy atom. The molecule has 0 aliphatic heterocycles. The number of carbonyl (C=O) groups is 1. The number of nitrogens with zero attached hydrogens (tertiary/aromatic N) is 1. The second kappa shape index (κ2) is 4.98. The maximum absolute atomic E-state index is 12.1. The molecule has 4 bridgehead atoms. The average molecular weight is 300 g/mol. The van der Waals surface area contributed by atoms with E-state index in [4.69, 9.17) is 0 Å². The summed E-state index contributed by atoms with van der Waals surface area (Å²) >= 11 is 0. The van der Waals surface area contributed by atoms with Crippen LogP contribution in [0, 0.1) is 23.7 Å². The van der Waals surface area contributed by atoms with Crippen LogP contribution in [0.2, 0.25) is 0 Å². The number of nitrogens with one attached hydrogen (secondary N) is 1. The molecule has 20 heavy (non-hydrogen) atoms. The van der Waals surface area contributed by atoms with Crippen molar-refractivity contribution in [2.75, 3.05) is 19.8 Å². The third kappa shape index (κ3) is 2.72. The standard InChI is InChI=1S/C14H24N2O3S/c1-16(20(2,18)19)8-13(17)15-14-11-4-9-3-10(6-11)7-12(14)5-9/h9-12,14H,3-8H2,1-2H3,(H,15,17). The summed E-state index contributed by atoms with van der Waals surface area (Å²) in [6, 6.07) is 0.281. The van der Waals surface area contributed by atoms with Crippen LogP contribution in [-0.4, -0.2) is 44.5 Å². The molecule has 4 aliphatic rings. The number of sulfonamides is 1. The molecule has 0 aromatic rings. The van der Waals surface area contributed by atoms with Gasteiger partial charge in [0, 0.05) is 13.1 Å². The molecule has 0 spiro atoms. The molecule has 0 aromatic carbocycles. The summed E-state index contributed by atoms with van der Waals surface area (Å²) in [4.78, 5) is 12.1. The Bertz CT molecular complexity index is 475. The van der Waals surface area contributed by atoms with Gasteiger partial charge in [0.2, 0.25) is 15.9 Å². The first-order chi connectivity index (χ1) is 9.33. The molecule has 0 atom stereocenters. The summed E-state index contributed by atoms with van der Waals surface area (Å²) in [6.45, 7) is -0.0678. The van der Waals surface area contributed by atoms with Gasteiger partial charge in [-0.3, -0.25) is 4.79 Å². The summed E-state index contributed by atoms with van der Waals surface area (Å²) in [5.41, 5.74) is 0. The van der Waals surface area contributed by atoms with Crippen molar-refractivity contribution in [2.45, 2.75) is 38.1 Å². The number of carbonyl (C=O) groups excluding carboxylic acids is 1. The smallest absolute Gasteiger partial charge is 0.235 e. The van der Waals surface area contributed by atoms with Crippen molar-refractivity contribution in [1.29, 1.82) is 0 Å². The molecule has 0 radical (unpaired) electrons. The van der Waals surface area contributed by atoms with Crippen molar-refractivity contribution in [1.82, 2.24) is 9.62 Å². The molecule has 0 unspecified atom stereocenters. The van der Waals surface area contributed by atoms with E-state index >= 15 is 0 Å². The number of hydrogen-bond donors (Lipinski definition) is 1. The summed E-state index contributed by atoms with van der Waals surface area (Å²) in [5, 5.41) is 3.12. The third-order valence-corrected chi connectivity index (χ3v) is 6.75. The zero-order valence-corrected chi connectivity index (χ0v) is 13.0. The van der Waals surface area contributed by atoms with E-state index in [1.807, 2.05) is 0 Å². The van der Waals surface area contributed by atoms with Gasteiger partial charge in [-0.1, -0.05) is 0 Å². The molecule has 5 nitrogen and oxygen atoms in total. The second-order valence-corrected chi connectivity index (χ2v) is 9.13. The van der Waals surface area contributed by atoms with E-state index < -0.39 is 10.0 Å². The monoisotopic (exact) mass is 300 g/mol. The molecule has 4 saturated carbocycles. The highest BCUT2D eigenvalue weighted by atomic mass is 32.2. The van der Waals surface area contributed by atoms with Crippen LogP contribution in [-0.2, 0) is 14.8 Å². The maximum Gasteiger partial charge on any atom is 0.235 e. The Morgan fingerprint density at radius 2 is 1.60 bits per heavy atom. The molecular formula is C14H24N2O3S. The van der Waals surface area contributed by atoms with Crippen LogP contribution in [0.5, 0.6) is 0 Å². The summed E-state index contributed by atoms with van der Waals surface area (Å²) < 4.78 is 23.8. The first-order valence-electron chi connectivity index (χ1n) is 7.53. The third-order valence-electron chi connectivity index (χ3n) is 5.49. The van der Waals surface area contributed by atoms with E-state index in [2.05, 4.69) is 5.32 Å².